The highest BCUT2D eigenvalue weighted by atomic mass is 16.5. The SMILES string of the molecule is C[C@H](C#N)C[C@H](NC(=O)CNC(=O)OCc1ccccc1)C(N)=O. The van der Waals surface area contributed by atoms with Crippen molar-refractivity contribution in [1.29, 1.82) is 5.26 Å². The maximum atomic E-state index is 11.7. The number of benzene rings is 1. The molecule has 0 unspecified atom stereocenters. The number of primary amides is 1. The van der Waals surface area contributed by atoms with E-state index in [1.54, 1.807) is 19.1 Å². The number of nitrogens with one attached hydrogen (secondary N) is 2. The molecule has 0 aromatic heterocycles. The van der Waals surface area contributed by atoms with Gasteiger partial charge < -0.3 is 21.1 Å². The monoisotopic (exact) mass is 332 g/mol. The Balaban J connectivity index is 2.34. The lowest BCUT2D eigenvalue weighted by molar-refractivity contribution is -0.127. The van der Waals surface area contributed by atoms with Crippen LogP contribution >= 0.6 is 0 Å². The highest BCUT2D eigenvalue weighted by molar-refractivity contribution is 5.88. The normalized spacial score (nSPS) is 12.3. The van der Waals surface area contributed by atoms with Crippen molar-refractivity contribution >= 4 is 17.9 Å². The summed E-state index contributed by atoms with van der Waals surface area (Å²) in [7, 11) is 0. The quantitative estimate of drug-likeness (QED) is 0.634. The molecule has 2 atom stereocenters. The minimum atomic E-state index is -0.964. The van der Waals surface area contributed by atoms with Crippen LogP contribution in [0.4, 0.5) is 4.79 Å². The van der Waals surface area contributed by atoms with E-state index in [0.29, 0.717) is 0 Å². The molecule has 0 saturated heterocycles. The number of nitriles is 1. The Morgan fingerprint density at radius 3 is 2.54 bits per heavy atom. The number of nitrogens with two attached hydrogens (primary N) is 1. The van der Waals surface area contributed by atoms with Crippen LogP contribution in [0.1, 0.15) is 18.9 Å². The highest BCUT2D eigenvalue weighted by Crippen LogP contribution is 2.04. The van der Waals surface area contributed by atoms with E-state index >= 15 is 0 Å². The summed E-state index contributed by atoms with van der Waals surface area (Å²) in [6.45, 7) is 1.33. The van der Waals surface area contributed by atoms with Gasteiger partial charge in [-0.05, 0) is 18.9 Å². The fraction of sp³-hybridized carbons (Fsp3) is 0.375. The Morgan fingerprint density at radius 2 is 1.96 bits per heavy atom. The zero-order valence-electron chi connectivity index (χ0n) is 13.3. The largest absolute Gasteiger partial charge is 0.445 e. The van der Waals surface area contributed by atoms with E-state index in [4.69, 9.17) is 15.7 Å². The van der Waals surface area contributed by atoms with Gasteiger partial charge in [0, 0.05) is 5.92 Å². The molecule has 1 rings (SSSR count). The average molecular weight is 332 g/mol. The molecule has 0 bridgehead atoms. The Hall–Kier alpha value is -3.08. The maximum Gasteiger partial charge on any atom is 0.407 e. The summed E-state index contributed by atoms with van der Waals surface area (Å²) >= 11 is 0. The topological polar surface area (TPSA) is 134 Å². The molecule has 24 heavy (non-hydrogen) atoms. The lowest BCUT2D eigenvalue weighted by atomic mass is 10.0. The third-order valence-electron chi connectivity index (χ3n) is 3.09. The highest BCUT2D eigenvalue weighted by Gasteiger charge is 2.21. The summed E-state index contributed by atoms with van der Waals surface area (Å²) in [5.74, 6) is -1.77. The van der Waals surface area contributed by atoms with E-state index in [-0.39, 0.29) is 19.6 Å². The van der Waals surface area contributed by atoms with Crippen LogP contribution in [0.25, 0.3) is 0 Å². The first-order valence-electron chi connectivity index (χ1n) is 7.35. The van der Waals surface area contributed by atoms with E-state index in [9.17, 15) is 14.4 Å². The fourth-order valence-corrected chi connectivity index (χ4v) is 1.82. The number of hydrogen-bond acceptors (Lipinski definition) is 5. The minimum absolute atomic E-state index is 0.0812. The molecule has 0 heterocycles. The van der Waals surface area contributed by atoms with Crippen molar-refractivity contribution in [2.24, 2.45) is 11.7 Å². The van der Waals surface area contributed by atoms with E-state index in [2.05, 4.69) is 10.6 Å². The van der Waals surface area contributed by atoms with Gasteiger partial charge in [-0.25, -0.2) is 4.79 Å². The van der Waals surface area contributed by atoms with Gasteiger partial charge in [-0.2, -0.15) is 5.26 Å². The van der Waals surface area contributed by atoms with Gasteiger partial charge in [-0.15, -0.1) is 0 Å². The number of carbonyl (C=O) groups is 3. The van der Waals surface area contributed by atoms with E-state index in [1.807, 2.05) is 24.3 Å². The van der Waals surface area contributed by atoms with Crippen molar-refractivity contribution in [2.75, 3.05) is 6.54 Å². The molecular formula is C16H20N4O4. The fourth-order valence-electron chi connectivity index (χ4n) is 1.82. The summed E-state index contributed by atoms with van der Waals surface area (Å²) < 4.78 is 4.95. The summed E-state index contributed by atoms with van der Waals surface area (Å²) in [5, 5.41) is 13.4. The molecular weight excluding hydrogens is 312 g/mol. The predicted molar refractivity (Wildman–Crippen MR) is 85.1 cm³/mol. The van der Waals surface area contributed by atoms with Gasteiger partial charge in [-0.1, -0.05) is 30.3 Å². The van der Waals surface area contributed by atoms with Crippen molar-refractivity contribution in [3.63, 3.8) is 0 Å². The van der Waals surface area contributed by atoms with Crippen LogP contribution in [0.3, 0.4) is 0 Å². The lowest BCUT2D eigenvalue weighted by Gasteiger charge is -2.16. The molecule has 8 heteroatoms. The molecule has 0 fully saturated rings. The van der Waals surface area contributed by atoms with Crippen LogP contribution in [-0.2, 0) is 20.9 Å². The molecule has 0 aliphatic carbocycles. The molecule has 0 aliphatic heterocycles. The average Bonchev–Trinajstić information content (AvgIpc) is 2.58. The second kappa shape index (κ2) is 9.84. The molecule has 4 N–H and O–H groups in total. The summed E-state index contributed by atoms with van der Waals surface area (Å²) in [6.07, 6.45) is -0.647. The third kappa shape index (κ3) is 7.26. The zero-order valence-corrected chi connectivity index (χ0v) is 13.3. The molecule has 1 aromatic rings. The Morgan fingerprint density at radius 1 is 1.29 bits per heavy atom. The summed E-state index contributed by atoms with van der Waals surface area (Å²) in [6, 6.07) is 10.1. The van der Waals surface area contributed by atoms with Gasteiger partial charge in [0.2, 0.25) is 11.8 Å². The number of alkyl carbamates (subject to hydrolysis) is 1. The lowest BCUT2D eigenvalue weighted by Crippen LogP contribution is -2.48. The third-order valence-corrected chi connectivity index (χ3v) is 3.09. The van der Waals surface area contributed by atoms with Crippen LogP contribution < -0.4 is 16.4 Å². The molecule has 8 nitrogen and oxygen atoms in total. The van der Waals surface area contributed by atoms with Gasteiger partial charge >= 0.3 is 6.09 Å². The van der Waals surface area contributed by atoms with Crippen molar-refractivity contribution in [1.82, 2.24) is 10.6 Å². The van der Waals surface area contributed by atoms with Crippen LogP contribution in [0.5, 0.6) is 0 Å². The number of hydrogen-bond donors (Lipinski definition) is 3. The van der Waals surface area contributed by atoms with Crippen molar-refractivity contribution in [2.45, 2.75) is 26.0 Å². The first-order valence-corrected chi connectivity index (χ1v) is 7.35. The van der Waals surface area contributed by atoms with Crippen LogP contribution in [-0.4, -0.2) is 30.5 Å². The van der Waals surface area contributed by atoms with E-state index in [0.717, 1.165) is 5.56 Å². The number of carbonyl (C=O) groups excluding carboxylic acids is 3. The Bertz CT molecular complexity index is 612. The second-order valence-corrected chi connectivity index (χ2v) is 5.20. The first kappa shape index (κ1) is 19.0. The smallest absolute Gasteiger partial charge is 0.407 e. The molecule has 0 radical (unpaired) electrons. The summed E-state index contributed by atoms with van der Waals surface area (Å²) in [4.78, 5) is 34.5. The summed E-state index contributed by atoms with van der Waals surface area (Å²) in [5.41, 5.74) is 6.00. The van der Waals surface area contributed by atoms with Crippen LogP contribution in [0.15, 0.2) is 30.3 Å². The van der Waals surface area contributed by atoms with Crippen molar-refractivity contribution in [3.05, 3.63) is 35.9 Å². The number of amides is 3. The van der Waals surface area contributed by atoms with Crippen molar-refractivity contribution in [3.8, 4) is 6.07 Å². The van der Waals surface area contributed by atoms with Gasteiger partial charge in [0.1, 0.15) is 19.2 Å². The molecule has 3 amide bonds. The second-order valence-electron chi connectivity index (χ2n) is 5.20. The van der Waals surface area contributed by atoms with Crippen molar-refractivity contribution < 1.29 is 19.1 Å². The molecule has 0 aliphatic rings. The molecule has 0 spiro atoms. The van der Waals surface area contributed by atoms with Gasteiger partial charge in [0.05, 0.1) is 6.07 Å². The maximum absolute atomic E-state index is 11.7. The minimum Gasteiger partial charge on any atom is -0.445 e. The van der Waals surface area contributed by atoms with Gasteiger partial charge in [0.25, 0.3) is 0 Å². The van der Waals surface area contributed by atoms with Gasteiger partial charge in [0.15, 0.2) is 0 Å². The predicted octanol–water partition coefficient (Wildman–Crippen LogP) is 0.433. The Kier molecular flexibility index (Phi) is 7.78. The zero-order chi connectivity index (χ0) is 17.9. The molecule has 0 saturated carbocycles. The number of nitrogens with zero attached hydrogens (tertiary/aromatic N) is 1. The van der Waals surface area contributed by atoms with Crippen LogP contribution in [0, 0.1) is 17.2 Å². The standard InChI is InChI=1S/C16H20N4O4/c1-11(8-17)7-13(15(18)22)20-14(21)9-19-16(23)24-10-12-5-3-2-4-6-12/h2-6,11,13H,7,9-10H2,1H3,(H2,18,22)(H,19,23)(H,20,21)/t11-,13-/m0/s1. The number of ether oxygens (including phenoxy) is 1. The molecule has 1 aromatic carbocycles. The van der Waals surface area contributed by atoms with Crippen LogP contribution in [0.2, 0.25) is 0 Å². The van der Waals surface area contributed by atoms with E-state index < -0.39 is 29.9 Å². The first-order chi connectivity index (χ1) is 11.4. The molecule has 128 valence electrons. The van der Waals surface area contributed by atoms with E-state index in [1.165, 1.54) is 0 Å². The van der Waals surface area contributed by atoms with Gasteiger partial charge in [-0.3, -0.25) is 9.59 Å². The number of rotatable bonds is 8. The Labute approximate surface area is 140 Å².